The van der Waals surface area contributed by atoms with Crippen LogP contribution >= 0.6 is 0 Å². The zero-order valence-corrected chi connectivity index (χ0v) is 14.8. The standard InChI is InChI=1S/C19H19N5O3/c1-20-18(26)14-7-12(17(25)23-13-5-6-13)9-24(19(14)27)8-11-3-2-4-15-16(11)22-10-21-15/h2-4,7,9-10,13H,5-6,8H2,1H3,(H,20,26)(H,21,22)(H,23,25). The van der Waals surface area contributed by atoms with Gasteiger partial charge in [-0.3, -0.25) is 14.4 Å². The van der Waals surface area contributed by atoms with Crippen LogP contribution in [0.5, 0.6) is 0 Å². The maximum Gasteiger partial charge on any atom is 0.263 e. The lowest BCUT2D eigenvalue weighted by Gasteiger charge is -2.12. The third kappa shape index (κ3) is 3.33. The Kier molecular flexibility index (Phi) is 4.23. The number of amides is 2. The number of benzene rings is 1. The van der Waals surface area contributed by atoms with E-state index in [2.05, 4.69) is 20.6 Å². The minimum atomic E-state index is -0.521. The van der Waals surface area contributed by atoms with Crippen LogP contribution in [0.1, 0.15) is 39.1 Å². The number of nitrogens with zero attached hydrogens (tertiary/aromatic N) is 2. The molecule has 0 spiro atoms. The molecule has 8 nitrogen and oxygen atoms in total. The predicted molar refractivity (Wildman–Crippen MR) is 99.8 cm³/mol. The van der Waals surface area contributed by atoms with E-state index in [1.807, 2.05) is 18.2 Å². The van der Waals surface area contributed by atoms with Crippen molar-refractivity contribution in [2.45, 2.75) is 25.4 Å². The number of carbonyl (C=O) groups is 2. The Bertz CT molecular complexity index is 1090. The molecule has 1 aliphatic rings. The Morgan fingerprint density at radius 1 is 1.30 bits per heavy atom. The van der Waals surface area contributed by atoms with Crippen LogP contribution < -0.4 is 16.2 Å². The highest BCUT2D eigenvalue weighted by Gasteiger charge is 2.25. The van der Waals surface area contributed by atoms with E-state index in [4.69, 9.17) is 0 Å². The van der Waals surface area contributed by atoms with E-state index in [0.29, 0.717) is 0 Å². The van der Waals surface area contributed by atoms with Gasteiger partial charge in [0, 0.05) is 19.3 Å². The van der Waals surface area contributed by atoms with Crippen molar-refractivity contribution >= 4 is 22.8 Å². The van der Waals surface area contributed by atoms with E-state index >= 15 is 0 Å². The van der Waals surface area contributed by atoms with E-state index in [9.17, 15) is 14.4 Å². The minimum absolute atomic E-state index is 0.0600. The van der Waals surface area contributed by atoms with Crippen molar-refractivity contribution in [3.63, 3.8) is 0 Å². The molecule has 138 valence electrons. The van der Waals surface area contributed by atoms with Gasteiger partial charge in [-0.1, -0.05) is 12.1 Å². The van der Waals surface area contributed by atoms with E-state index in [-0.39, 0.29) is 29.6 Å². The van der Waals surface area contributed by atoms with E-state index in [1.165, 1.54) is 23.9 Å². The summed E-state index contributed by atoms with van der Waals surface area (Å²) in [4.78, 5) is 44.7. The molecule has 0 bridgehead atoms. The number of aromatic nitrogens is 3. The maximum atomic E-state index is 12.8. The molecule has 4 rings (SSSR count). The fourth-order valence-electron chi connectivity index (χ4n) is 3.01. The first kappa shape index (κ1) is 17.0. The topological polar surface area (TPSA) is 109 Å². The maximum absolute atomic E-state index is 12.8. The molecular weight excluding hydrogens is 346 g/mol. The zero-order chi connectivity index (χ0) is 19.0. The summed E-state index contributed by atoms with van der Waals surface area (Å²) >= 11 is 0. The number of H-pyrrole nitrogens is 1. The highest BCUT2D eigenvalue weighted by Crippen LogP contribution is 2.20. The fraction of sp³-hybridized carbons (Fsp3) is 0.263. The molecule has 0 atom stereocenters. The Balaban J connectivity index is 1.78. The van der Waals surface area contributed by atoms with Gasteiger partial charge in [0.2, 0.25) is 0 Å². The average Bonchev–Trinajstić information content (AvgIpc) is 3.35. The van der Waals surface area contributed by atoms with Gasteiger partial charge in [-0.05, 0) is 30.5 Å². The Morgan fingerprint density at radius 2 is 2.11 bits per heavy atom. The molecule has 0 radical (unpaired) electrons. The summed E-state index contributed by atoms with van der Waals surface area (Å²) in [7, 11) is 1.45. The minimum Gasteiger partial charge on any atom is -0.355 e. The third-order valence-electron chi connectivity index (χ3n) is 4.61. The number of imidazole rings is 1. The summed E-state index contributed by atoms with van der Waals surface area (Å²) in [6.07, 6.45) is 4.99. The molecule has 1 fully saturated rings. The SMILES string of the molecule is CNC(=O)c1cc(C(=O)NC2CC2)cn(Cc2cccc3[nH]cnc23)c1=O. The summed E-state index contributed by atoms with van der Waals surface area (Å²) in [5.74, 6) is -0.804. The number of aromatic amines is 1. The number of rotatable bonds is 5. The van der Waals surface area contributed by atoms with E-state index in [0.717, 1.165) is 29.4 Å². The number of hydrogen-bond donors (Lipinski definition) is 3. The Morgan fingerprint density at radius 3 is 2.85 bits per heavy atom. The molecule has 2 heterocycles. The fourth-order valence-corrected chi connectivity index (χ4v) is 3.01. The lowest BCUT2D eigenvalue weighted by molar-refractivity contribution is 0.0950. The molecule has 0 saturated heterocycles. The van der Waals surface area contributed by atoms with Crippen molar-refractivity contribution in [1.82, 2.24) is 25.2 Å². The van der Waals surface area contributed by atoms with Gasteiger partial charge in [0.25, 0.3) is 17.4 Å². The average molecular weight is 365 g/mol. The summed E-state index contributed by atoms with van der Waals surface area (Å²) in [5, 5.41) is 5.34. The number of nitrogens with one attached hydrogen (secondary N) is 3. The van der Waals surface area contributed by atoms with E-state index in [1.54, 1.807) is 6.33 Å². The quantitative estimate of drug-likeness (QED) is 0.627. The molecule has 27 heavy (non-hydrogen) atoms. The second-order valence-electron chi connectivity index (χ2n) is 6.62. The molecule has 1 aliphatic carbocycles. The molecule has 2 amide bonds. The van der Waals surface area contributed by atoms with Crippen molar-refractivity contribution < 1.29 is 9.59 Å². The Labute approximate surface area is 154 Å². The molecule has 0 aliphatic heterocycles. The molecule has 1 aromatic carbocycles. The highest BCUT2D eigenvalue weighted by atomic mass is 16.2. The molecule has 2 aromatic heterocycles. The third-order valence-corrected chi connectivity index (χ3v) is 4.61. The van der Waals surface area contributed by atoms with Crippen LogP contribution in [0.4, 0.5) is 0 Å². The van der Waals surface area contributed by atoms with Crippen molar-refractivity contribution in [3.8, 4) is 0 Å². The predicted octanol–water partition coefficient (Wildman–Crippen LogP) is 1.02. The van der Waals surface area contributed by atoms with Gasteiger partial charge in [0.1, 0.15) is 5.56 Å². The second kappa shape index (κ2) is 6.71. The summed E-state index contributed by atoms with van der Waals surface area (Å²) in [6, 6.07) is 7.16. The van der Waals surface area contributed by atoms with Gasteiger partial charge >= 0.3 is 0 Å². The van der Waals surface area contributed by atoms with Crippen molar-refractivity contribution in [3.05, 3.63) is 63.8 Å². The number of carbonyl (C=O) groups excluding carboxylic acids is 2. The van der Waals surface area contributed by atoms with Gasteiger partial charge < -0.3 is 20.2 Å². The Hall–Kier alpha value is -3.42. The van der Waals surface area contributed by atoms with Gasteiger partial charge in [-0.25, -0.2) is 4.98 Å². The molecule has 1 saturated carbocycles. The van der Waals surface area contributed by atoms with Crippen LogP contribution in [0.2, 0.25) is 0 Å². The van der Waals surface area contributed by atoms with Crippen molar-refractivity contribution in [1.29, 1.82) is 0 Å². The summed E-state index contributed by atoms with van der Waals surface area (Å²) < 4.78 is 1.38. The van der Waals surface area contributed by atoms with Crippen LogP contribution in [0.15, 0.2) is 41.6 Å². The van der Waals surface area contributed by atoms with Gasteiger partial charge in [0.15, 0.2) is 0 Å². The van der Waals surface area contributed by atoms with Crippen LogP contribution in [-0.2, 0) is 6.54 Å². The summed E-state index contributed by atoms with van der Waals surface area (Å²) in [5.41, 5.74) is 2.20. The molecule has 8 heteroatoms. The highest BCUT2D eigenvalue weighted by molar-refractivity contribution is 5.99. The first-order valence-corrected chi connectivity index (χ1v) is 8.75. The molecule has 0 unspecified atom stereocenters. The van der Waals surface area contributed by atoms with Crippen LogP contribution in [0, 0.1) is 0 Å². The van der Waals surface area contributed by atoms with Crippen LogP contribution in [-0.4, -0.2) is 39.4 Å². The number of fused-ring (bicyclic) bond motifs is 1. The van der Waals surface area contributed by atoms with Gasteiger partial charge in [-0.2, -0.15) is 0 Å². The van der Waals surface area contributed by atoms with Crippen molar-refractivity contribution in [2.75, 3.05) is 7.05 Å². The van der Waals surface area contributed by atoms with Crippen LogP contribution in [0.3, 0.4) is 0 Å². The molecular formula is C19H19N5O3. The number of hydrogen-bond acceptors (Lipinski definition) is 4. The summed E-state index contributed by atoms with van der Waals surface area (Å²) in [6.45, 7) is 0.204. The van der Waals surface area contributed by atoms with Crippen molar-refractivity contribution in [2.24, 2.45) is 0 Å². The number of pyridine rings is 1. The molecule has 3 N–H and O–H groups in total. The van der Waals surface area contributed by atoms with Gasteiger partial charge in [0.05, 0.1) is 29.5 Å². The van der Waals surface area contributed by atoms with Crippen LogP contribution in [0.25, 0.3) is 11.0 Å². The van der Waals surface area contributed by atoms with Gasteiger partial charge in [-0.15, -0.1) is 0 Å². The van der Waals surface area contributed by atoms with E-state index < -0.39 is 11.5 Å². The smallest absolute Gasteiger partial charge is 0.263 e. The lowest BCUT2D eigenvalue weighted by Crippen LogP contribution is -2.34. The first-order valence-electron chi connectivity index (χ1n) is 8.75. The monoisotopic (exact) mass is 365 g/mol. The number of para-hydroxylation sites is 1. The molecule has 3 aromatic rings. The normalized spacial score (nSPS) is 13.5. The first-order chi connectivity index (χ1) is 13.1. The second-order valence-corrected chi connectivity index (χ2v) is 6.62. The lowest BCUT2D eigenvalue weighted by atomic mass is 10.1. The largest absolute Gasteiger partial charge is 0.355 e. The zero-order valence-electron chi connectivity index (χ0n) is 14.8.